The van der Waals surface area contributed by atoms with E-state index >= 15 is 0 Å². The molecule has 0 aliphatic carbocycles. The summed E-state index contributed by atoms with van der Waals surface area (Å²) in [7, 11) is 0. The van der Waals surface area contributed by atoms with Crippen molar-refractivity contribution in [3.8, 4) is 0 Å². The van der Waals surface area contributed by atoms with Crippen molar-refractivity contribution in [3.05, 3.63) is 0 Å². The Bertz CT molecular complexity index is 329. The number of unbranched alkanes of at least 4 members (excludes halogenated alkanes) is 11. The second-order valence-corrected chi connectivity index (χ2v) is 7.94. The molecule has 3 nitrogen and oxygen atoms in total. The number of esters is 1. The number of hydrogen-bond acceptors (Lipinski definition) is 3. The molecule has 25 heavy (non-hydrogen) atoms. The second-order valence-electron chi connectivity index (χ2n) is 7.94. The molecule has 0 spiro atoms. The van der Waals surface area contributed by atoms with Crippen molar-refractivity contribution in [3.63, 3.8) is 0 Å². The van der Waals surface area contributed by atoms with Crippen LogP contribution in [0.1, 0.15) is 117 Å². The molecule has 1 heterocycles. The molecule has 148 valence electrons. The molecule has 2 unspecified atom stereocenters. The minimum atomic E-state index is -0.305. The highest BCUT2D eigenvalue weighted by Crippen LogP contribution is 2.31. The van der Waals surface area contributed by atoms with Gasteiger partial charge < -0.3 is 9.84 Å². The lowest BCUT2D eigenvalue weighted by Gasteiger charge is -2.36. The fourth-order valence-electron chi connectivity index (χ4n) is 3.78. The van der Waals surface area contributed by atoms with E-state index in [4.69, 9.17) is 4.74 Å². The Balaban J connectivity index is 1.98. The lowest BCUT2D eigenvalue weighted by atomic mass is 9.86. The largest absolute Gasteiger partial charge is 0.461 e. The SMILES string of the molecule is CCCCCCCCCCCC(O)CC1OC(=O)[C@H]1CCCCCC. The lowest BCUT2D eigenvalue weighted by molar-refractivity contribution is -0.188. The van der Waals surface area contributed by atoms with Gasteiger partial charge in [0.25, 0.3) is 0 Å². The van der Waals surface area contributed by atoms with Crippen molar-refractivity contribution in [1.82, 2.24) is 0 Å². The molecule has 0 radical (unpaired) electrons. The first-order valence-corrected chi connectivity index (χ1v) is 11.1. The van der Waals surface area contributed by atoms with Crippen LogP contribution in [0.15, 0.2) is 0 Å². The quantitative estimate of drug-likeness (QED) is 0.251. The summed E-state index contributed by atoms with van der Waals surface area (Å²) in [6, 6.07) is 0. The second kappa shape index (κ2) is 14.6. The van der Waals surface area contributed by atoms with Gasteiger partial charge in [0, 0.05) is 6.42 Å². The summed E-state index contributed by atoms with van der Waals surface area (Å²) in [4.78, 5) is 11.6. The summed E-state index contributed by atoms with van der Waals surface area (Å²) in [5.74, 6) is 0.00592. The van der Waals surface area contributed by atoms with Crippen LogP contribution in [0.3, 0.4) is 0 Å². The first kappa shape index (κ1) is 22.5. The van der Waals surface area contributed by atoms with Crippen LogP contribution in [0.4, 0.5) is 0 Å². The molecule has 1 fully saturated rings. The number of rotatable bonds is 17. The van der Waals surface area contributed by atoms with E-state index in [1.807, 2.05) is 0 Å². The Labute approximate surface area is 155 Å². The van der Waals surface area contributed by atoms with Gasteiger partial charge in [0.05, 0.1) is 12.0 Å². The van der Waals surface area contributed by atoms with Crippen molar-refractivity contribution in [1.29, 1.82) is 0 Å². The molecule has 1 N–H and O–H groups in total. The molecule has 0 bridgehead atoms. The third kappa shape index (κ3) is 10.2. The predicted octanol–water partition coefficient (Wildman–Crippen LogP) is 6.17. The van der Waals surface area contributed by atoms with Gasteiger partial charge in [-0.2, -0.15) is 0 Å². The molecule has 0 aromatic rings. The van der Waals surface area contributed by atoms with Crippen LogP contribution in [0.5, 0.6) is 0 Å². The van der Waals surface area contributed by atoms with Crippen molar-refractivity contribution >= 4 is 5.97 Å². The molecule has 3 atom stereocenters. The van der Waals surface area contributed by atoms with Crippen molar-refractivity contribution in [2.24, 2.45) is 5.92 Å². The molecular formula is C22H42O3. The van der Waals surface area contributed by atoms with E-state index in [2.05, 4.69) is 13.8 Å². The Hall–Kier alpha value is -0.570. The predicted molar refractivity (Wildman–Crippen MR) is 105 cm³/mol. The number of hydrogen-bond donors (Lipinski definition) is 1. The number of carbonyl (C=O) groups is 1. The van der Waals surface area contributed by atoms with E-state index in [1.165, 1.54) is 70.6 Å². The number of carbonyl (C=O) groups excluding carboxylic acids is 1. The molecule has 0 amide bonds. The summed E-state index contributed by atoms with van der Waals surface area (Å²) in [5, 5.41) is 10.2. The number of aliphatic hydroxyl groups is 1. The Kier molecular flexibility index (Phi) is 13.1. The monoisotopic (exact) mass is 354 g/mol. The molecule has 1 saturated heterocycles. The minimum Gasteiger partial charge on any atom is -0.461 e. The average Bonchev–Trinajstić information content (AvgIpc) is 2.59. The summed E-state index contributed by atoms with van der Waals surface area (Å²) in [6.07, 6.45) is 18.6. The number of aliphatic hydroxyl groups excluding tert-OH is 1. The lowest BCUT2D eigenvalue weighted by Crippen LogP contribution is -2.46. The Morgan fingerprint density at radius 1 is 0.840 bits per heavy atom. The zero-order chi connectivity index (χ0) is 18.3. The van der Waals surface area contributed by atoms with E-state index in [1.54, 1.807) is 0 Å². The first-order chi connectivity index (χ1) is 12.2. The Morgan fingerprint density at radius 3 is 1.92 bits per heavy atom. The third-order valence-electron chi connectivity index (χ3n) is 5.53. The van der Waals surface area contributed by atoms with Gasteiger partial charge in [-0.05, 0) is 12.8 Å². The molecule has 0 aromatic heterocycles. The maximum absolute atomic E-state index is 11.6. The standard InChI is InChI=1S/C22H42O3/c1-3-5-7-9-10-11-12-13-14-16-19(23)18-21-20(22(24)25-21)17-15-8-6-4-2/h19-21,23H,3-18H2,1-2H3/t19?,20-,21?/m0/s1. The van der Waals surface area contributed by atoms with E-state index < -0.39 is 0 Å². The van der Waals surface area contributed by atoms with Gasteiger partial charge >= 0.3 is 5.97 Å². The maximum atomic E-state index is 11.6. The zero-order valence-electron chi connectivity index (χ0n) is 16.8. The van der Waals surface area contributed by atoms with E-state index in [0.717, 1.165) is 25.7 Å². The molecule has 1 rings (SSSR count). The van der Waals surface area contributed by atoms with Crippen LogP contribution in [0.2, 0.25) is 0 Å². The highest BCUT2D eigenvalue weighted by Gasteiger charge is 2.42. The molecule has 0 saturated carbocycles. The van der Waals surface area contributed by atoms with Gasteiger partial charge in [0.15, 0.2) is 0 Å². The molecule has 3 heteroatoms. The topological polar surface area (TPSA) is 46.5 Å². The average molecular weight is 355 g/mol. The van der Waals surface area contributed by atoms with Crippen LogP contribution < -0.4 is 0 Å². The highest BCUT2D eigenvalue weighted by atomic mass is 16.6. The number of ether oxygens (including phenoxy) is 1. The maximum Gasteiger partial charge on any atom is 0.313 e. The van der Waals surface area contributed by atoms with Gasteiger partial charge in [-0.1, -0.05) is 97.3 Å². The van der Waals surface area contributed by atoms with Crippen molar-refractivity contribution < 1.29 is 14.6 Å². The smallest absolute Gasteiger partial charge is 0.313 e. The summed E-state index contributed by atoms with van der Waals surface area (Å²) in [6.45, 7) is 4.45. The summed E-state index contributed by atoms with van der Waals surface area (Å²) < 4.78 is 5.27. The summed E-state index contributed by atoms with van der Waals surface area (Å²) >= 11 is 0. The minimum absolute atomic E-state index is 0.0253. The highest BCUT2D eigenvalue weighted by molar-refractivity contribution is 5.78. The fourth-order valence-corrected chi connectivity index (χ4v) is 3.78. The molecule has 0 aromatic carbocycles. The van der Waals surface area contributed by atoms with Gasteiger partial charge in [-0.3, -0.25) is 4.79 Å². The van der Waals surface area contributed by atoms with E-state index in [9.17, 15) is 9.90 Å². The third-order valence-corrected chi connectivity index (χ3v) is 5.53. The van der Waals surface area contributed by atoms with Crippen LogP contribution in [0, 0.1) is 5.92 Å². The van der Waals surface area contributed by atoms with Gasteiger partial charge in [-0.25, -0.2) is 0 Å². The van der Waals surface area contributed by atoms with Gasteiger partial charge in [0.1, 0.15) is 6.10 Å². The number of cyclic esters (lactones) is 1. The van der Waals surface area contributed by atoms with Crippen LogP contribution >= 0.6 is 0 Å². The van der Waals surface area contributed by atoms with Gasteiger partial charge in [0.2, 0.25) is 0 Å². The van der Waals surface area contributed by atoms with Gasteiger partial charge in [-0.15, -0.1) is 0 Å². The normalized spacial score (nSPS) is 21.0. The Morgan fingerprint density at radius 2 is 1.36 bits per heavy atom. The van der Waals surface area contributed by atoms with Crippen LogP contribution in [0.25, 0.3) is 0 Å². The van der Waals surface area contributed by atoms with E-state index in [0.29, 0.717) is 6.42 Å². The summed E-state index contributed by atoms with van der Waals surface area (Å²) in [5.41, 5.74) is 0. The van der Waals surface area contributed by atoms with Crippen LogP contribution in [-0.4, -0.2) is 23.3 Å². The molecule has 1 aliphatic rings. The zero-order valence-corrected chi connectivity index (χ0v) is 16.8. The molecule has 1 aliphatic heterocycles. The fraction of sp³-hybridized carbons (Fsp3) is 0.955. The molecular weight excluding hydrogens is 312 g/mol. The van der Waals surface area contributed by atoms with Crippen LogP contribution in [-0.2, 0) is 9.53 Å². The first-order valence-electron chi connectivity index (χ1n) is 11.1. The van der Waals surface area contributed by atoms with Crippen molar-refractivity contribution in [2.45, 2.75) is 129 Å². The van der Waals surface area contributed by atoms with Crippen molar-refractivity contribution in [2.75, 3.05) is 0 Å². The van der Waals surface area contributed by atoms with E-state index in [-0.39, 0.29) is 24.1 Å².